The second kappa shape index (κ2) is 6.09. The quantitative estimate of drug-likeness (QED) is 0.758. The summed E-state index contributed by atoms with van der Waals surface area (Å²) in [6.07, 6.45) is 0. The van der Waals surface area contributed by atoms with Crippen molar-refractivity contribution >= 4 is 5.82 Å². The molecule has 0 unspecified atom stereocenters. The van der Waals surface area contributed by atoms with Gasteiger partial charge in [0.2, 0.25) is 0 Å². The van der Waals surface area contributed by atoms with E-state index in [0.29, 0.717) is 11.3 Å². The first-order valence-corrected chi connectivity index (χ1v) is 7.24. The molecule has 1 aromatic heterocycles. The van der Waals surface area contributed by atoms with Crippen LogP contribution in [0.4, 0.5) is 14.6 Å². The molecule has 2 N–H and O–H groups in total. The van der Waals surface area contributed by atoms with Gasteiger partial charge in [0.25, 0.3) is 0 Å². The van der Waals surface area contributed by atoms with E-state index in [4.69, 9.17) is 5.73 Å². The minimum Gasteiger partial charge on any atom is -0.383 e. The van der Waals surface area contributed by atoms with E-state index in [9.17, 15) is 14.0 Å². The van der Waals surface area contributed by atoms with Gasteiger partial charge in [-0.15, -0.1) is 0 Å². The van der Waals surface area contributed by atoms with Crippen LogP contribution in [-0.4, -0.2) is 4.98 Å². The molecule has 5 heteroatoms. The van der Waals surface area contributed by atoms with Gasteiger partial charge >= 0.3 is 0 Å². The van der Waals surface area contributed by atoms with E-state index in [1.807, 2.05) is 36.4 Å². The fraction of sp³-hybridized carbons (Fsp3) is 0.0526. The Balaban J connectivity index is 2.39. The number of halogens is 2. The number of nitrogen functional groups attached to an aromatic ring is 1. The zero-order valence-electron chi connectivity index (χ0n) is 12.8. The maximum absolute atomic E-state index is 14.3. The second-order valence-corrected chi connectivity index (χ2v) is 5.32. The summed E-state index contributed by atoms with van der Waals surface area (Å²) in [6, 6.07) is 14.3. The molecule has 24 heavy (non-hydrogen) atoms. The number of hydrogen-bond donors (Lipinski definition) is 1. The molecule has 0 aliphatic carbocycles. The lowest BCUT2D eigenvalue weighted by Crippen LogP contribution is -2.04. The van der Waals surface area contributed by atoms with Crippen molar-refractivity contribution in [3.63, 3.8) is 0 Å². The molecule has 3 rings (SSSR count). The highest BCUT2D eigenvalue weighted by Gasteiger charge is 2.20. The highest BCUT2D eigenvalue weighted by molar-refractivity contribution is 5.84. The number of aromatic nitrogens is 1. The molecule has 1 heterocycles. The van der Waals surface area contributed by atoms with Gasteiger partial charge < -0.3 is 5.73 Å². The zero-order valence-corrected chi connectivity index (χ0v) is 12.8. The predicted molar refractivity (Wildman–Crippen MR) is 88.9 cm³/mol. The predicted octanol–water partition coefficient (Wildman–Crippen LogP) is 4.46. The fourth-order valence-corrected chi connectivity index (χ4v) is 2.71. The number of pyridine rings is 1. The molecule has 0 amide bonds. The minimum atomic E-state index is -0.624. The van der Waals surface area contributed by atoms with Gasteiger partial charge in [-0.25, -0.2) is 13.8 Å². The van der Waals surface area contributed by atoms with Crippen LogP contribution in [0, 0.1) is 29.9 Å². The number of anilines is 1. The summed E-state index contributed by atoms with van der Waals surface area (Å²) < 4.78 is 27.9. The Morgan fingerprint density at radius 3 is 2.46 bits per heavy atom. The number of nitrogens with zero attached hydrogens (tertiary/aromatic N) is 2. The van der Waals surface area contributed by atoms with Crippen molar-refractivity contribution in [2.45, 2.75) is 6.92 Å². The average Bonchev–Trinajstić information content (AvgIpc) is 2.59. The topological polar surface area (TPSA) is 62.7 Å². The summed E-state index contributed by atoms with van der Waals surface area (Å²) in [4.78, 5) is 4.29. The molecule has 118 valence electrons. The summed E-state index contributed by atoms with van der Waals surface area (Å²) in [5.41, 5.74) is 8.09. The molecular formula is C19H13F2N3. The SMILES string of the molecule is Cc1c(-c2ccccc2)nc(N)c(C#N)c1-c1cc(F)ccc1F. The third-order valence-corrected chi connectivity index (χ3v) is 3.83. The number of benzene rings is 2. The molecule has 0 aliphatic rings. The van der Waals surface area contributed by atoms with Gasteiger partial charge in [0.15, 0.2) is 0 Å². The molecule has 3 nitrogen and oxygen atoms in total. The van der Waals surface area contributed by atoms with Crippen LogP contribution in [0.5, 0.6) is 0 Å². The maximum Gasteiger partial charge on any atom is 0.142 e. The number of nitriles is 1. The van der Waals surface area contributed by atoms with Crippen LogP contribution < -0.4 is 5.73 Å². The molecular weight excluding hydrogens is 308 g/mol. The van der Waals surface area contributed by atoms with Gasteiger partial charge in [0, 0.05) is 16.7 Å². The molecule has 0 saturated heterocycles. The molecule has 0 aliphatic heterocycles. The van der Waals surface area contributed by atoms with Crippen LogP contribution in [0.25, 0.3) is 22.4 Å². The minimum absolute atomic E-state index is 0.00432. The molecule has 0 radical (unpaired) electrons. The molecule has 0 spiro atoms. The highest BCUT2D eigenvalue weighted by atomic mass is 19.1. The number of nitrogens with two attached hydrogens (primary N) is 1. The molecule has 3 aromatic rings. The summed E-state index contributed by atoms with van der Waals surface area (Å²) in [5.74, 6) is -1.23. The maximum atomic E-state index is 14.3. The van der Waals surface area contributed by atoms with Crippen molar-refractivity contribution in [3.05, 3.63) is 71.3 Å². The second-order valence-electron chi connectivity index (χ2n) is 5.32. The lowest BCUT2D eigenvalue weighted by atomic mass is 9.92. The Labute approximate surface area is 138 Å². The fourth-order valence-electron chi connectivity index (χ4n) is 2.71. The van der Waals surface area contributed by atoms with Crippen LogP contribution in [0.3, 0.4) is 0 Å². The van der Waals surface area contributed by atoms with Crippen LogP contribution in [0.1, 0.15) is 11.1 Å². The third-order valence-electron chi connectivity index (χ3n) is 3.83. The third kappa shape index (κ3) is 2.59. The van der Waals surface area contributed by atoms with E-state index in [1.165, 1.54) is 0 Å². The summed E-state index contributed by atoms with van der Waals surface area (Å²) in [6.45, 7) is 1.72. The van der Waals surface area contributed by atoms with Crippen molar-refractivity contribution in [3.8, 4) is 28.5 Å². The van der Waals surface area contributed by atoms with E-state index < -0.39 is 11.6 Å². The molecule has 2 aromatic carbocycles. The monoisotopic (exact) mass is 321 g/mol. The molecule has 0 atom stereocenters. The van der Waals surface area contributed by atoms with Crippen LogP contribution in [-0.2, 0) is 0 Å². The molecule has 0 bridgehead atoms. The van der Waals surface area contributed by atoms with E-state index in [1.54, 1.807) is 6.92 Å². The van der Waals surface area contributed by atoms with Gasteiger partial charge in [-0.05, 0) is 30.7 Å². The number of rotatable bonds is 2. The van der Waals surface area contributed by atoms with E-state index in [2.05, 4.69) is 4.98 Å². The Morgan fingerprint density at radius 2 is 1.79 bits per heavy atom. The lowest BCUT2D eigenvalue weighted by Gasteiger charge is -2.15. The first-order chi connectivity index (χ1) is 11.5. The van der Waals surface area contributed by atoms with Gasteiger partial charge in [-0.2, -0.15) is 5.26 Å². The number of hydrogen-bond acceptors (Lipinski definition) is 3. The standard InChI is InChI=1S/C19H13F2N3/c1-11-17(14-9-13(20)7-8-16(14)21)15(10-22)19(23)24-18(11)12-5-3-2-4-6-12/h2-9H,1H3,(H2,23,24). The Bertz CT molecular complexity index is 961. The lowest BCUT2D eigenvalue weighted by molar-refractivity contribution is 0.603. The van der Waals surface area contributed by atoms with Gasteiger partial charge in [-0.1, -0.05) is 30.3 Å². The van der Waals surface area contributed by atoms with Gasteiger partial charge in [0.1, 0.15) is 29.1 Å². The van der Waals surface area contributed by atoms with Crippen molar-refractivity contribution in [2.75, 3.05) is 5.73 Å². The zero-order chi connectivity index (χ0) is 17.3. The van der Waals surface area contributed by atoms with Crippen molar-refractivity contribution < 1.29 is 8.78 Å². The van der Waals surface area contributed by atoms with Gasteiger partial charge in [0.05, 0.1) is 5.69 Å². The van der Waals surface area contributed by atoms with Crippen molar-refractivity contribution in [1.82, 2.24) is 4.98 Å². The van der Waals surface area contributed by atoms with Crippen molar-refractivity contribution in [1.29, 1.82) is 5.26 Å². The van der Waals surface area contributed by atoms with E-state index >= 15 is 0 Å². The normalized spacial score (nSPS) is 10.4. The molecule has 0 fully saturated rings. The Kier molecular flexibility index (Phi) is 3.97. The largest absolute Gasteiger partial charge is 0.383 e. The summed E-state index contributed by atoms with van der Waals surface area (Å²) in [7, 11) is 0. The van der Waals surface area contributed by atoms with Crippen LogP contribution in [0.15, 0.2) is 48.5 Å². The van der Waals surface area contributed by atoms with Crippen molar-refractivity contribution in [2.24, 2.45) is 0 Å². The smallest absolute Gasteiger partial charge is 0.142 e. The first kappa shape index (κ1) is 15.6. The summed E-state index contributed by atoms with van der Waals surface area (Å²) >= 11 is 0. The average molecular weight is 321 g/mol. The summed E-state index contributed by atoms with van der Waals surface area (Å²) in [5, 5.41) is 9.42. The highest BCUT2D eigenvalue weighted by Crippen LogP contribution is 2.37. The molecule has 0 saturated carbocycles. The Hall–Kier alpha value is -3.26. The van der Waals surface area contributed by atoms with Gasteiger partial charge in [-0.3, -0.25) is 0 Å². The Morgan fingerprint density at radius 1 is 1.08 bits per heavy atom. The van der Waals surface area contributed by atoms with E-state index in [0.717, 1.165) is 23.8 Å². The first-order valence-electron chi connectivity index (χ1n) is 7.24. The van der Waals surface area contributed by atoms with Crippen LogP contribution >= 0.6 is 0 Å². The van der Waals surface area contributed by atoms with E-state index in [-0.39, 0.29) is 22.5 Å². The van der Waals surface area contributed by atoms with Crippen LogP contribution in [0.2, 0.25) is 0 Å².